The van der Waals surface area contributed by atoms with E-state index in [-0.39, 0.29) is 17.4 Å². The largest absolute Gasteiger partial charge is 0.347 e. The fourth-order valence-corrected chi connectivity index (χ4v) is 2.80. The standard InChI is InChI=1S/C19H21N3O2/c1-19(2,3)21-17(23)14-10-15(12-20-11-14)18(24)22-9-8-13-6-4-5-7-16(13)22/h4-7,10-12H,8-9H2,1-3H3,(H,21,23). The van der Waals surface area contributed by atoms with Gasteiger partial charge < -0.3 is 10.2 Å². The Hall–Kier alpha value is -2.69. The molecule has 0 radical (unpaired) electrons. The van der Waals surface area contributed by atoms with Crippen molar-refractivity contribution in [3.63, 3.8) is 0 Å². The van der Waals surface area contributed by atoms with Crippen LogP contribution in [0.2, 0.25) is 0 Å². The molecule has 0 bridgehead atoms. The lowest BCUT2D eigenvalue weighted by molar-refractivity contribution is 0.0919. The molecule has 3 rings (SSSR count). The third-order valence-electron chi connectivity index (χ3n) is 3.87. The van der Waals surface area contributed by atoms with E-state index < -0.39 is 0 Å². The zero-order chi connectivity index (χ0) is 17.3. The molecule has 0 aliphatic carbocycles. The molecule has 1 aromatic heterocycles. The first kappa shape index (κ1) is 16.2. The molecule has 1 aromatic carbocycles. The topological polar surface area (TPSA) is 62.3 Å². The zero-order valence-corrected chi connectivity index (χ0v) is 14.2. The van der Waals surface area contributed by atoms with E-state index in [4.69, 9.17) is 0 Å². The summed E-state index contributed by atoms with van der Waals surface area (Å²) in [6, 6.07) is 9.50. The van der Waals surface area contributed by atoms with E-state index in [1.807, 2.05) is 45.0 Å². The van der Waals surface area contributed by atoms with E-state index in [1.54, 1.807) is 11.0 Å². The number of para-hydroxylation sites is 1. The Balaban J connectivity index is 1.85. The number of carbonyl (C=O) groups is 2. The van der Waals surface area contributed by atoms with E-state index in [0.717, 1.165) is 12.1 Å². The summed E-state index contributed by atoms with van der Waals surface area (Å²) in [6.07, 6.45) is 3.84. The Morgan fingerprint density at radius 2 is 1.83 bits per heavy atom. The first-order valence-corrected chi connectivity index (χ1v) is 8.02. The normalized spacial score (nSPS) is 13.5. The van der Waals surface area contributed by atoms with Gasteiger partial charge in [0, 0.05) is 30.2 Å². The highest BCUT2D eigenvalue weighted by Gasteiger charge is 2.26. The molecule has 0 fully saturated rings. The van der Waals surface area contributed by atoms with Gasteiger partial charge in [-0.25, -0.2) is 0 Å². The molecule has 0 atom stereocenters. The van der Waals surface area contributed by atoms with Crippen molar-refractivity contribution in [1.29, 1.82) is 0 Å². The third-order valence-corrected chi connectivity index (χ3v) is 3.87. The minimum atomic E-state index is -0.342. The molecule has 0 saturated carbocycles. The van der Waals surface area contributed by atoms with Crippen LogP contribution in [-0.4, -0.2) is 28.9 Å². The van der Waals surface area contributed by atoms with Crippen molar-refractivity contribution in [2.24, 2.45) is 0 Å². The van der Waals surface area contributed by atoms with Gasteiger partial charge in [0.25, 0.3) is 11.8 Å². The van der Waals surface area contributed by atoms with E-state index in [1.165, 1.54) is 18.0 Å². The van der Waals surface area contributed by atoms with Crippen LogP contribution in [0.1, 0.15) is 47.1 Å². The number of anilines is 1. The van der Waals surface area contributed by atoms with Gasteiger partial charge in [-0.3, -0.25) is 14.6 Å². The van der Waals surface area contributed by atoms with Crippen molar-refractivity contribution in [3.8, 4) is 0 Å². The molecular weight excluding hydrogens is 302 g/mol. The molecule has 2 heterocycles. The van der Waals surface area contributed by atoms with Gasteiger partial charge in [0.2, 0.25) is 0 Å². The highest BCUT2D eigenvalue weighted by Crippen LogP contribution is 2.28. The number of rotatable bonds is 2. The Labute approximate surface area is 141 Å². The first-order chi connectivity index (χ1) is 11.3. The molecule has 1 N–H and O–H groups in total. The van der Waals surface area contributed by atoms with Crippen LogP contribution in [-0.2, 0) is 6.42 Å². The minimum Gasteiger partial charge on any atom is -0.347 e. The summed E-state index contributed by atoms with van der Waals surface area (Å²) in [5.74, 6) is -0.357. The predicted molar refractivity (Wildman–Crippen MR) is 93.3 cm³/mol. The Kier molecular flexibility index (Phi) is 4.09. The minimum absolute atomic E-state index is 0.127. The van der Waals surface area contributed by atoms with Crippen LogP contribution < -0.4 is 10.2 Å². The maximum Gasteiger partial charge on any atom is 0.259 e. The quantitative estimate of drug-likeness (QED) is 0.924. The van der Waals surface area contributed by atoms with Crippen LogP contribution in [0.15, 0.2) is 42.7 Å². The molecular formula is C19H21N3O2. The summed E-state index contributed by atoms with van der Waals surface area (Å²) in [6.45, 7) is 6.38. The van der Waals surface area contributed by atoms with Crippen LogP contribution >= 0.6 is 0 Å². The van der Waals surface area contributed by atoms with Crippen LogP contribution in [0.5, 0.6) is 0 Å². The molecule has 2 amide bonds. The molecule has 124 valence electrons. The summed E-state index contributed by atoms with van der Waals surface area (Å²) in [5, 5.41) is 2.88. The van der Waals surface area contributed by atoms with E-state index >= 15 is 0 Å². The number of aromatic nitrogens is 1. The first-order valence-electron chi connectivity index (χ1n) is 8.02. The molecule has 24 heavy (non-hydrogen) atoms. The van der Waals surface area contributed by atoms with Gasteiger partial charge in [-0.05, 0) is 44.9 Å². The average molecular weight is 323 g/mol. The number of fused-ring (bicyclic) bond motifs is 1. The van der Waals surface area contributed by atoms with Crippen molar-refractivity contribution in [3.05, 3.63) is 59.4 Å². The molecule has 0 saturated heterocycles. The SMILES string of the molecule is CC(C)(C)NC(=O)c1cncc(C(=O)N2CCc3ccccc32)c1. The smallest absolute Gasteiger partial charge is 0.259 e. The second-order valence-electron chi connectivity index (χ2n) is 7.00. The highest BCUT2D eigenvalue weighted by atomic mass is 16.2. The van der Waals surface area contributed by atoms with Crippen LogP contribution in [0.3, 0.4) is 0 Å². The van der Waals surface area contributed by atoms with Gasteiger partial charge in [-0.2, -0.15) is 0 Å². The predicted octanol–water partition coefficient (Wildman–Crippen LogP) is 2.81. The summed E-state index contributed by atoms with van der Waals surface area (Å²) >= 11 is 0. The second-order valence-corrected chi connectivity index (χ2v) is 7.00. The molecule has 5 heteroatoms. The Morgan fingerprint density at radius 3 is 2.58 bits per heavy atom. The van der Waals surface area contributed by atoms with Crippen molar-refractivity contribution in [1.82, 2.24) is 10.3 Å². The van der Waals surface area contributed by atoms with Gasteiger partial charge in [0.1, 0.15) is 0 Å². The van der Waals surface area contributed by atoms with Gasteiger partial charge in [-0.15, -0.1) is 0 Å². The van der Waals surface area contributed by atoms with E-state index in [0.29, 0.717) is 17.7 Å². The molecule has 1 aliphatic heterocycles. The lowest BCUT2D eigenvalue weighted by Gasteiger charge is -2.21. The Bertz CT molecular complexity index is 793. The number of carbonyl (C=O) groups excluding carboxylic acids is 2. The number of pyridine rings is 1. The number of nitrogens with zero attached hydrogens (tertiary/aromatic N) is 2. The number of hydrogen-bond donors (Lipinski definition) is 1. The summed E-state index contributed by atoms with van der Waals surface area (Å²) in [7, 11) is 0. The number of hydrogen-bond acceptors (Lipinski definition) is 3. The van der Waals surface area contributed by atoms with E-state index in [2.05, 4.69) is 10.3 Å². The lowest BCUT2D eigenvalue weighted by atomic mass is 10.1. The highest BCUT2D eigenvalue weighted by molar-refractivity contribution is 6.08. The zero-order valence-electron chi connectivity index (χ0n) is 14.2. The summed E-state index contributed by atoms with van der Waals surface area (Å²) in [4.78, 5) is 30.9. The van der Waals surface area contributed by atoms with Crippen molar-refractivity contribution >= 4 is 17.5 Å². The maximum atomic E-state index is 12.8. The second kappa shape index (κ2) is 6.07. The average Bonchev–Trinajstić information content (AvgIpc) is 2.97. The summed E-state index contributed by atoms with van der Waals surface area (Å²) < 4.78 is 0. The fourth-order valence-electron chi connectivity index (χ4n) is 2.80. The third kappa shape index (κ3) is 3.30. The van der Waals surface area contributed by atoms with Gasteiger partial charge in [0.15, 0.2) is 0 Å². The number of benzene rings is 1. The lowest BCUT2D eigenvalue weighted by Crippen LogP contribution is -2.40. The Morgan fingerprint density at radius 1 is 1.12 bits per heavy atom. The van der Waals surface area contributed by atoms with Gasteiger partial charge >= 0.3 is 0 Å². The summed E-state index contributed by atoms with van der Waals surface area (Å²) in [5.41, 5.74) is 2.58. The van der Waals surface area contributed by atoms with Crippen LogP contribution in [0, 0.1) is 0 Å². The molecule has 5 nitrogen and oxygen atoms in total. The molecule has 1 aliphatic rings. The molecule has 2 aromatic rings. The van der Waals surface area contributed by atoms with Gasteiger partial charge in [0.05, 0.1) is 11.1 Å². The molecule has 0 spiro atoms. The van der Waals surface area contributed by atoms with Crippen molar-refractivity contribution in [2.75, 3.05) is 11.4 Å². The van der Waals surface area contributed by atoms with Crippen LogP contribution in [0.4, 0.5) is 5.69 Å². The molecule has 0 unspecified atom stereocenters. The monoisotopic (exact) mass is 323 g/mol. The van der Waals surface area contributed by atoms with Crippen molar-refractivity contribution in [2.45, 2.75) is 32.7 Å². The van der Waals surface area contributed by atoms with Gasteiger partial charge in [-0.1, -0.05) is 18.2 Å². The maximum absolute atomic E-state index is 12.8. The number of nitrogens with one attached hydrogen (secondary N) is 1. The van der Waals surface area contributed by atoms with E-state index in [9.17, 15) is 9.59 Å². The number of amides is 2. The fraction of sp³-hybridized carbons (Fsp3) is 0.316. The van der Waals surface area contributed by atoms with Crippen LogP contribution in [0.25, 0.3) is 0 Å². The van der Waals surface area contributed by atoms with Crippen molar-refractivity contribution < 1.29 is 9.59 Å².